The summed E-state index contributed by atoms with van der Waals surface area (Å²) >= 11 is 0. The highest BCUT2D eigenvalue weighted by atomic mass is 16.4. The van der Waals surface area contributed by atoms with E-state index in [2.05, 4.69) is 10.6 Å². The second-order valence-electron chi connectivity index (χ2n) is 7.44. The van der Waals surface area contributed by atoms with Crippen molar-refractivity contribution >= 4 is 12.0 Å². The number of carbonyl (C=O) groups is 2. The van der Waals surface area contributed by atoms with Crippen LogP contribution in [0.15, 0.2) is 24.3 Å². The van der Waals surface area contributed by atoms with Crippen molar-refractivity contribution in [2.45, 2.75) is 50.2 Å². The van der Waals surface area contributed by atoms with Crippen LogP contribution in [0.4, 0.5) is 4.79 Å². The molecular weight excluding hydrogens is 334 g/mol. The number of rotatable bonds is 7. The maximum atomic E-state index is 12.4. The zero-order chi connectivity index (χ0) is 18.7. The lowest BCUT2D eigenvalue weighted by Gasteiger charge is -2.42. The number of hydrogen-bond acceptors (Lipinski definition) is 4. The van der Waals surface area contributed by atoms with Gasteiger partial charge in [-0.05, 0) is 43.4 Å². The number of carbonyl (C=O) groups excluding carboxylic acids is 1. The number of amides is 2. The summed E-state index contributed by atoms with van der Waals surface area (Å²) < 4.78 is 0. The van der Waals surface area contributed by atoms with Crippen LogP contribution in [0.3, 0.4) is 0 Å². The Hall–Kier alpha value is -2.12. The van der Waals surface area contributed by atoms with Gasteiger partial charge in [0.15, 0.2) is 0 Å². The summed E-state index contributed by atoms with van der Waals surface area (Å²) in [4.78, 5) is 25.2. The van der Waals surface area contributed by atoms with Gasteiger partial charge in [-0.15, -0.1) is 0 Å². The number of nitrogens with zero attached hydrogens (tertiary/aromatic N) is 1. The van der Waals surface area contributed by atoms with Crippen LogP contribution in [0.2, 0.25) is 0 Å². The van der Waals surface area contributed by atoms with Crippen LogP contribution >= 0.6 is 0 Å². The Balaban J connectivity index is 1.49. The minimum Gasteiger partial charge on any atom is -0.480 e. The highest BCUT2D eigenvalue weighted by molar-refractivity contribution is 5.75. The first-order valence-electron chi connectivity index (χ1n) is 9.17. The zero-order valence-corrected chi connectivity index (χ0v) is 15.1. The van der Waals surface area contributed by atoms with Crippen molar-refractivity contribution in [2.75, 3.05) is 19.7 Å². The fraction of sp³-hybridized carbons (Fsp3) is 0.579. The van der Waals surface area contributed by atoms with Gasteiger partial charge >= 0.3 is 12.0 Å². The van der Waals surface area contributed by atoms with Gasteiger partial charge in [0.25, 0.3) is 0 Å². The lowest BCUT2D eigenvalue weighted by Crippen LogP contribution is -2.60. The molecule has 1 fully saturated rings. The SMILES string of the molecule is CCN(CC(=O)O)C1CC(NC(=O)NC2(CO)Cc3ccccc3C2)C1. The summed E-state index contributed by atoms with van der Waals surface area (Å²) in [7, 11) is 0. The third-order valence-corrected chi connectivity index (χ3v) is 5.57. The molecule has 1 aromatic rings. The number of fused-ring (bicyclic) bond motifs is 1. The molecule has 0 aliphatic heterocycles. The molecule has 4 N–H and O–H groups in total. The van der Waals surface area contributed by atoms with Gasteiger partial charge in [-0.3, -0.25) is 9.69 Å². The van der Waals surface area contributed by atoms with E-state index in [4.69, 9.17) is 5.11 Å². The van der Waals surface area contributed by atoms with Gasteiger partial charge in [0, 0.05) is 12.1 Å². The molecule has 3 rings (SSSR count). The summed E-state index contributed by atoms with van der Waals surface area (Å²) in [5.41, 5.74) is 1.69. The minimum atomic E-state index is -0.827. The second kappa shape index (κ2) is 7.63. The van der Waals surface area contributed by atoms with E-state index in [-0.39, 0.29) is 31.3 Å². The van der Waals surface area contributed by atoms with Crippen LogP contribution in [0.25, 0.3) is 0 Å². The first-order valence-corrected chi connectivity index (χ1v) is 9.17. The smallest absolute Gasteiger partial charge is 0.317 e. The van der Waals surface area contributed by atoms with Crippen molar-refractivity contribution in [3.63, 3.8) is 0 Å². The van der Waals surface area contributed by atoms with E-state index in [9.17, 15) is 14.7 Å². The molecule has 2 aliphatic rings. The number of nitrogens with one attached hydrogen (secondary N) is 2. The Kier molecular flexibility index (Phi) is 5.48. The molecule has 0 atom stereocenters. The molecule has 0 aromatic heterocycles. The summed E-state index contributed by atoms with van der Waals surface area (Å²) in [6, 6.07) is 7.98. The molecule has 2 aliphatic carbocycles. The van der Waals surface area contributed by atoms with E-state index in [0.29, 0.717) is 19.4 Å². The number of benzene rings is 1. The number of aliphatic hydroxyl groups excluding tert-OH is 1. The first kappa shape index (κ1) is 18.7. The van der Waals surface area contributed by atoms with Crippen LogP contribution in [0, 0.1) is 0 Å². The maximum absolute atomic E-state index is 12.4. The van der Waals surface area contributed by atoms with Gasteiger partial charge in [-0.1, -0.05) is 31.2 Å². The normalized spacial score (nSPS) is 23.2. The lowest BCUT2D eigenvalue weighted by atomic mass is 9.85. The number of hydrogen-bond donors (Lipinski definition) is 4. The molecule has 0 bridgehead atoms. The molecular formula is C19H27N3O4. The van der Waals surface area contributed by atoms with E-state index in [1.807, 2.05) is 36.1 Å². The topological polar surface area (TPSA) is 102 Å². The average molecular weight is 361 g/mol. The van der Waals surface area contributed by atoms with Gasteiger partial charge < -0.3 is 20.8 Å². The Morgan fingerprint density at radius 2 is 1.85 bits per heavy atom. The number of urea groups is 1. The number of carboxylic acids is 1. The van der Waals surface area contributed by atoms with E-state index >= 15 is 0 Å². The predicted octanol–water partition coefficient (Wildman–Crippen LogP) is 0.753. The maximum Gasteiger partial charge on any atom is 0.317 e. The number of aliphatic carboxylic acids is 1. The van der Waals surface area contributed by atoms with E-state index in [1.54, 1.807) is 0 Å². The van der Waals surface area contributed by atoms with Crippen LogP contribution in [0.5, 0.6) is 0 Å². The zero-order valence-electron chi connectivity index (χ0n) is 15.1. The number of likely N-dealkylation sites (N-methyl/N-ethyl adjacent to an activating group) is 1. The Morgan fingerprint density at radius 3 is 2.35 bits per heavy atom. The Labute approximate surface area is 153 Å². The third-order valence-electron chi connectivity index (χ3n) is 5.57. The van der Waals surface area contributed by atoms with E-state index < -0.39 is 11.5 Å². The second-order valence-corrected chi connectivity index (χ2v) is 7.44. The van der Waals surface area contributed by atoms with Crippen LogP contribution in [-0.4, -0.2) is 64.4 Å². The van der Waals surface area contributed by atoms with Crippen LogP contribution < -0.4 is 10.6 Å². The van der Waals surface area contributed by atoms with Crippen molar-refractivity contribution in [3.05, 3.63) is 35.4 Å². The molecule has 26 heavy (non-hydrogen) atoms. The summed E-state index contributed by atoms with van der Waals surface area (Å²) in [6.07, 6.45) is 2.76. The summed E-state index contributed by atoms with van der Waals surface area (Å²) in [6.45, 7) is 2.55. The highest BCUT2D eigenvalue weighted by Crippen LogP contribution is 2.30. The van der Waals surface area contributed by atoms with Gasteiger partial charge in [-0.2, -0.15) is 0 Å². The van der Waals surface area contributed by atoms with E-state index in [0.717, 1.165) is 24.0 Å². The monoisotopic (exact) mass is 361 g/mol. The molecule has 2 amide bonds. The third kappa shape index (κ3) is 3.99. The molecule has 0 spiro atoms. The number of carboxylic acid groups (broad SMARTS) is 1. The fourth-order valence-electron chi connectivity index (χ4n) is 4.07. The van der Waals surface area contributed by atoms with Crippen molar-refractivity contribution in [3.8, 4) is 0 Å². The fourth-order valence-corrected chi connectivity index (χ4v) is 4.07. The first-order chi connectivity index (χ1) is 12.4. The largest absolute Gasteiger partial charge is 0.480 e. The van der Waals surface area contributed by atoms with Crippen LogP contribution in [-0.2, 0) is 17.6 Å². The summed E-state index contributed by atoms with van der Waals surface area (Å²) in [5.74, 6) is -0.827. The van der Waals surface area contributed by atoms with Crippen LogP contribution in [0.1, 0.15) is 30.9 Å². The molecule has 0 heterocycles. The van der Waals surface area contributed by atoms with E-state index in [1.165, 1.54) is 0 Å². The van der Waals surface area contributed by atoms with Crippen molar-refractivity contribution in [1.82, 2.24) is 15.5 Å². The highest BCUT2D eigenvalue weighted by Gasteiger charge is 2.40. The van der Waals surface area contributed by atoms with Crippen molar-refractivity contribution in [2.24, 2.45) is 0 Å². The molecule has 0 saturated heterocycles. The lowest BCUT2D eigenvalue weighted by molar-refractivity contribution is -0.139. The minimum absolute atomic E-state index is 0.0337. The van der Waals surface area contributed by atoms with Gasteiger partial charge in [0.05, 0.1) is 18.7 Å². The summed E-state index contributed by atoms with van der Waals surface area (Å²) in [5, 5.41) is 24.7. The van der Waals surface area contributed by atoms with Gasteiger partial charge in [0.2, 0.25) is 0 Å². The molecule has 142 valence electrons. The standard InChI is InChI=1S/C19H27N3O4/c1-2-22(11-17(24)25)16-7-15(8-16)20-18(26)21-19(12-23)9-13-5-3-4-6-14(13)10-19/h3-6,15-16,23H,2,7-12H2,1H3,(H,24,25)(H2,20,21,26). The predicted molar refractivity (Wildman–Crippen MR) is 97.0 cm³/mol. The van der Waals surface area contributed by atoms with Gasteiger partial charge in [0.1, 0.15) is 0 Å². The average Bonchev–Trinajstić information content (AvgIpc) is 2.94. The molecule has 7 nitrogen and oxygen atoms in total. The van der Waals surface area contributed by atoms with Gasteiger partial charge in [-0.25, -0.2) is 4.79 Å². The number of aliphatic hydroxyl groups is 1. The van der Waals surface area contributed by atoms with Crippen molar-refractivity contribution in [1.29, 1.82) is 0 Å². The quantitative estimate of drug-likeness (QED) is 0.574. The molecule has 1 saturated carbocycles. The molecule has 7 heteroatoms. The molecule has 0 radical (unpaired) electrons. The van der Waals surface area contributed by atoms with Crippen molar-refractivity contribution < 1.29 is 19.8 Å². The molecule has 1 aromatic carbocycles. The molecule has 0 unspecified atom stereocenters. The Morgan fingerprint density at radius 1 is 1.23 bits per heavy atom. The Bertz CT molecular complexity index is 648.